The highest BCUT2D eigenvalue weighted by Gasteiger charge is 2.25. The molecule has 1 aromatic rings. The van der Waals surface area contributed by atoms with Crippen molar-refractivity contribution in [3.8, 4) is 0 Å². The summed E-state index contributed by atoms with van der Waals surface area (Å²) in [4.78, 5) is 2.30. The van der Waals surface area contributed by atoms with Crippen molar-refractivity contribution < 1.29 is 8.42 Å². The number of nitrogens with zero attached hydrogens (tertiary/aromatic N) is 4. The van der Waals surface area contributed by atoms with E-state index in [-0.39, 0.29) is 5.75 Å². The molecule has 20 heavy (non-hydrogen) atoms. The van der Waals surface area contributed by atoms with E-state index in [1.54, 1.807) is 11.2 Å². The number of piperazine rings is 1. The van der Waals surface area contributed by atoms with Crippen LogP contribution >= 0.6 is 0 Å². The molecule has 0 spiro atoms. The van der Waals surface area contributed by atoms with Crippen LogP contribution in [0.5, 0.6) is 0 Å². The molecule has 1 saturated heterocycles. The summed E-state index contributed by atoms with van der Waals surface area (Å²) < 4.78 is 27.2. The van der Waals surface area contributed by atoms with Crippen molar-refractivity contribution in [3.05, 3.63) is 17.5 Å². The molecule has 0 bridgehead atoms. The summed E-state index contributed by atoms with van der Waals surface area (Å²) in [7, 11) is -3.04. The van der Waals surface area contributed by atoms with E-state index in [1.165, 1.54) is 11.3 Å². The Balaban J connectivity index is 1.93. The van der Waals surface area contributed by atoms with Crippen molar-refractivity contribution in [1.29, 1.82) is 0 Å². The van der Waals surface area contributed by atoms with Crippen LogP contribution in [0.2, 0.25) is 0 Å². The van der Waals surface area contributed by atoms with Crippen molar-refractivity contribution in [1.82, 2.24) is 19.0 Å². The third-order valence-corrected chi connectivity index (χ3v) is 5.87. The van der Waals surface area contributed by atoms with Gasteiger partial charge in [-0.05, 0) is 20.8 Å². The molecule has 0 aromatic carbocycles. The van der Waals surface area contributed by atoms with Gasteiger partial charge in [0.25, 0.3) is 0 Å². The fraction of sp³-hybridized carbons (Fsp3) is 0.769. The Morgan fingerprint density at radius 3 is 2.35 bits per heavy atom. The maximum atomic E-state index is 11.8. The van der Waals surface area contributed by atoms with Crippen LogP contribution in [0.4, 0.5) is 0 Å². The van der Waals surface area contributed by atoms with E-state index in [0.29, 0.717) is 13.1 Å². The highest BCUT2D eigenvalue weighted by molar-refractivity contribution is 7.89. The minimum absolute atomic E-state index is 0.190. The fourth-order valence-electron chi connectivity index (χ4n) is 2.55. The molecule has 114 valence electrons. The van der Waals surface area contributed by atoms with Gasteiger partial charge in [-0.15, -0.1) is 0 Å². The third-order valence-electron chi connectivity index (χ3n) is 3.99. The minimum atomic E-state index is -3.04. The topological polar surface area (TPSA) is 58.4 Å². The van der Waals surface area contributed by atoms with Crippen molar-refractivity contribution in [2.75, 3.05) is 31.9 Å². The molecule has 7 heteroatoms. The fourth-order valence-corrected chi connectivity index (χ4v) is 3.63. The monoisotopic (exact) mass is 300 g/mol. The molecule has 1 aromatic heterocycles. The zero-order valence-electron chi connectivity index (χ0n) is 12.5. The Labute approximate surface area is 121 Å². The van der Waals surface area contributed by atoms with Crippen molar-refractivity contribution in [3.63, 3.8) is 0 Å². The van der Waals surface area contributed by atoms with Gasteiger partial charge in [0.15, 0.2) is 0 Å². The average molecular weight is 300 g/mol. The average Bonchev–Trinajstić information content (AvgIpc) is 2.80. The highest BCUT2D eigenvalue weighted by atomic mass is 32.2. The lowest BCUT2D eigenvalue weighted by atomic mass is 10.2. The van der Waals surface area contributed by atoms with Gasteiger partial charge in [0.05, 0.1) is 11.9 Å². The third kappa shape index (κ3) is 3.21. The van der Waals surface area contributed by atoms with E-state index >= 15 is 0 Å². The molecular weight excluding hydrogens is 276 g/mol. The van der Waals surface area contributed by atoms with E-state index < -0.39 is 10.0 Å². The molecule has 6 nitrogen and oxygen atoms in total. The molecule has 0 amide bonds. The molecule has 0 saturated carbocycles. The predicted molar refractivity (Wildman–Crippen MR) is 78.9 cm³/mol. The summed E-state index contributed by atoms with van der Waals surface area (Å²) in [6, 6.07) is 0. The summed E-state index contributed by atoms with van der Waals surface area (Å²) in [6.07, 6.45) is 1.92. The molecule has 0 unspecified atom stereocenters. The Bertz CT molecular complexity index is 545. The van der Waals surface area contributed by atoms with Gasteiger partial charge in [0.2, 0.25) is 10.0 Å². The summed E-state index contributed by atoms with van der Waals surface area (Å²) in [6.45, 7) is 10.4. The van der Waals surface area contributed by atoms with Crippen LogP contribution in [0.15, 0.2) is 6.20 Å². The molecule has 1 aliphatic rings. The van der Waals surface area contributed by atoms with Gasteiger partial charge in [0.1, 0.15) is 0 Å². The predicted octanol–water partition coefficient (Wildman–Crippen LogP) is 0.679. The largest absolute Gasteiger partial charge is 0.296 e. The normalized spacial score (nSPS) is 18.6. The van der Waals surface area contributed by atoms with E-state index in [0.717, 1.165) is 26.2 Å². The van der Waals surface area contributed by atoms with E-state index in [2.05, 4.69) is 23.8 Å². The quantitative estimate of drug-likeness (QED) is 0.802. The first-order chi connectivity index (χ1) is 9.47. The van der Waals surface area contributed by atoms with Gasteiger partial charge >= 0.3 is 0 Å². The summed E-state index contributed by atoms with van der Waals surface area (Å²) in [5, 5.41) is 4.35. The summed E-state index contributed by atoms with van der Waals surface area (Å²) in [5.74, 6) is 0.190. The minimum Gasteiger partial charge on any atom is -0.296 e. The van der Waals surface area contributed by atoms with Crippen molar-refractivity contribution in [2.45, 2.75) is 33.9 Å². The Morgan fingerprint density at radius 2 is 1.85 bits per heavy atom. The summed E-state index contributed by atoms with van der Waals surface area (Å²) in [5.41, 5.74) is 2.44. The van der Waals surface area contributed by atoms with Gasteiger partial charge in [-0.2, -0.15) is 9.40 Å². The van der Waals surface area contributed by atoms with Gasteiger partial charge in [0, 0.05) is 50.5 Å². The zero-order valence-corrected chi connectivity index (χ0v) is 13.4. The molecule has 0 aliphatic carbocycles. The number of aryl methyl sites for hydroxylation is 1. The SMILES string of the molecule is CCn1ncc(CN2CCN(S(=O)(=O)CC)CC2)c1C. The van der Waals surface area contributed by atoms with E-state index in [4.69, 9.17) is 0 Å². The first-order valence-electron chi connectivity index (χ1n) is 7.19. The Kier molecular flexibility index (Phi) is 4.82. The number of hydrogen-bond acceptors (Lipinski definition) is 4. The van der Waals surface area contributed by atoms with Gasteiger partial charge < -0.3 is 0 Å². The Morgan fingerprint density at radius 1 is 1.20 bits per heavy atom. The summed E-state index contributed by atoms with van der Waals surface area (Å²) >= 11 is 0. The molecule has 2 heterocycles. The molecule has 0 radical (unpaired) electrons. The first-order valence-corrected chi connectivity index (χ1v) is 8.80. The molecule has 2 rings (SSSR count). The van der Waals surface area contributed by atoms with Crippen LogP contribution in [-0.2, 0) is 23.1 Å². The van der Waals surface area contributed by atoms with Crippen LogP contribution in [0.1, 0.15) is 25.1 Å². The standard InChI is InChI=1S/C13H24N4O2S/c1-4-17-12(3)13(10-14-17)11-15-6-8-16(9-7-15)20(18,19)5-2/h10H,4-9,11H2,1-3H3. The van der Waals surface area contributed by atoms with Gasteiger partial charge in [-0.1, -0.05) is 0 Å². The lowest BCUT2D eigenvalue weighted by molar-refractivity contribution is 0.181. The van der Waals surface area contributed by atoms with Gasteiger partial charge in [-0.25, -0.2) is 8.42 Å². The maximum Gasteiger partial charge on any atom is 0.213 e. The maximum absolute atomic E-state index is 11.8. The van der Waals surface area contributed by atoms with Crippen LogP contribution in [-0.4, -0.2) is 59.3 Å². The smallest absolute Gasteiger partial charge is 0.213 e. The number of aromatic nitrogens is 2. The molecule has 1 aliphatic heterocycles. The van der Waals surface area contributed by atoms with Gasteiger partial charge in [-0.3, -0.25) is 9.58 Å². The molecular formula is C13H24N4O2S. The second kappa shape index (κ2) is 6.24. The van der Waals surface area contributed by atoms with Crippen molar-refractivity contribution in [2.24, 2.45) is 0 Å². The molecule has 0 atom stereocenters. The second-order valence-corrected chi connectivity index (χ2v) is 7.40. The van der Waals surface area contributed by atoms with Crippen LogP contribution in [0, 0.1) is 6.92 Å². The lowest BCUT2D eigenvalue weighted by Gasteiger charge is -2.33. The number of rotatable bonds is 5. The molecule has 0 N–H and O–H groups in total. The first kappa shape index (κ1) is 15.5. The number of sulfonamides is 1. The van der Waals surface area contributed by atoms with E-state index in [1.807, 2.05) is 10.9 Å². The van der Waals surface area contributed by atoms with Crippen LogP contribution < -0.4 is 0 Å². The highest BCUT2D eigenvalue weighted by Crippen LogP contribution is 2.14. The lowest BCUT2D eigenvalue weighted by Crippen LogP contribution is -2.48. The Hall–Kier alpha value is -0.920. The number of hydrogen-bond donors (Lipinski definition) is 0. The van der Waals surface area contributed by atoms with Crippen LogP contribution in [0.25, 0.3) is 0 Å². The second-order valence-electron chi connectivity index (χ2n) is 5.15. The van der Waals surface area contributed by atoms with Crippen LogP contribution in [0.3, 0.4) is 0 Å². The van der Waals surface area contributed by atoms with E-state index in [9.17, 15) is 8.42 Å². The van der Waals surface area contributed by atoms with Crippen molar-refractivity contribution >= 4 is 10.0 Å². The zero-order chi connectivity index (χ0) is 14.8. The molecule has 1 fully saturated rings.